The van der Waals surface area contributed by atoms with Crippen LogP contribution in [0, 0.1) is 0 Å². The van der Waals surface area contributed by atoms with E-state index in [9.17, 15) is 13.2 Å². The van der Waals surface area contributed by atoms with Crippen LogP contribution in [0.3, 0.4) is 0 Å². The molecular weight excluding hydrogens is 606 g/mol. The third-order valence-corrected chi connectivity index (χ3v) is 7.47. The Morgan fingerprint density at radius 2 is 1.45 bits per heavy atom. The van der Waals surface area contributed by atoms with E-state index in [4.69, 9.17) is 44.5 Å². The molecule has 2 heterocycles. The van der Waals surface area contributed by atoms with Crippen molar-refractivity contribution in [1.29, 1.82) is 0 Å². The van der Waals surface area contributed by atoms with Gasteiger partial charge in [-0.15, -0.1) is 0 Å². The lowest BCUT2D eigenvalue weighted by Gasteiger charge is -2.13. The number of benzene rings is 4. The van der Waals surface area contributed by atoms with Crippen molar-refractivity contribution in [2.45, 2.75) is 12.8 Å². The minimum atomic E-state index is -4.70. The maximum Gasteiger partial charge on any atom is 0.417 e. The summed E-state index contributed by atoms with van der Waals surface area (Å²) in [4.78, 5) is 4.70. The zero-order chi connectivity index (χ0) is 29.4. The van der Waals surface area contributed by atoms with Gasteiger partial charge in [0.25, 0.3) is 0 Å². The second-order valence-electron chi connectivity index (χ2n) is 9.40. The Hall–Kier alpha value is -4.04. The number of rotatable bonds is 6. The first kappa shape index (κ1) is 28.1. The number of hydrogen-bond acceptors (Lipinski definition) is 3. The van der Waals surface area contributed by atoms with Gasteiger partial charge in [-0.3, -0.25) is 0 Å². The quantitative estimate of drug-likeness (QED) is 0.185. The topological polar surface area (TPSA) is 39.9 Å². The largest absolute Gasteiger partial charge is 0.489 e. The molecule has 0 spiro atoms. The molecule has 6 rings (SSSR count). The van der Waals surface area contributed by atoms with Gasteiger partial charge in [0.2, 0.25) is 0 Å². The third-order valence-electron chi connectivity index (χ3n) is 6.62. The summed E-state index contributed by atoms with van der Waals surface area (Å²) < 4.78 is 51.2. The van der Waals surface area contributed by atoms with Crippen LogP contribution < -0.4 is 4.74 Å². The molecule has 210 valence electrons. The highest BCUT2D eigenvalue weighted by Crippen LogP contribution is 2.42. The lowest BCUT2D eigenvalue weighted by atomic mass is 10.0. The number of ether oxygens (including phenoxy) is 1. The zero-order valence-electron chi connectivity index (χ0n) is 21.5. The van der Waals surface area contributed by atoms with Gasteiger partial charge in [0.05, 0.1) is 22.3 Å². The normalized spacial score (nSPS) is 11.7. The summed E-state index contributed by atoms with van der Waals surface area (Å²) in [5, 5.41) is 5.92. The molecule has 2 aromatic heterocycles. The van der Waals surface area contributed by atoms with Crippen molar-refractivity contribution >= 4 is 45.8 Å². The highest BCUT2D eigenvalue weighted by atomic mass is 35.5. The van der Waals surface area contributed by atoms with E-state index in [2.05, 4.69) is 5.10 Å². The summed E-state index contributed by atoms with van der Waals surface area (Å²) in [6.07, 6.45) is -4.70. The van der Waals surface area contributed by atoms with Crippen LogP contribution in [0.15, 0.2) is 103 Å². The van der Waals surface area contributed by atoms with Gasteiger partial charge < -0.3 is 4.74 Å². The van der Waals surface area contributed by atoms with E-state index < -0.39 is 11.7 Å². The molecule has 4 nitrogen and oxygen atoms in total. The fraction of sp³-hybridized carbons (Fsp3) is 0.0625. The summed E-state index contributed by atoms with van der Waals surface area (Å²) in [7, 11) is 0. The number of halogens is 6. The van der Waals surface area contributed by atoms with Gasteiger partial charge in [0.15, 0.2) is 5.65 Å². The molecular formula is C32H19Cl3F3N3O. The Morgan fingerprint density at radius 1 is 0.738 bits per heavy atom. The van der Waals surface area contributed by atoms with E-state index >= 15 is 0 Å². The molecule has 0 aliphatic rings. The average molecular weight is 625 g/mol. The Morgan fingerprint density at radius 3 is 2.14 bits per heavy atom. The van der Waals surface area contributed by atoms with E-state index in [0.717, 1.165) is 11.6 Å². The number of pyridine rings is 1. The van der Waals surface area contributed by atoms with Gasteiger partial charge in [-0.05, 0) is 66.7 Å². The van der Waals surface area contributed by atoms with Crippen molar-refractivity contribution in [2.75, 3.05) is 0 Å². The smallest absolute Gasteiger partial charge is 0.417 e. The molecule has 0 bridgehead atoms. The molecule has 42 heavy (non-hydrogen) atoms. The standard InChI is InChI=1S/C32H19Cl3F3N3O/c33-22-12-8-20(9-13-22)30-29-26(32(36,37)38)17-28(39-31(29)41(40-30)24-6-3-5-23(34)16-24)19-10-14-25(15-11-19)42-18-21-4-1-2-7-27(21)35/h1-17H,18H2. The van der Waals surface area contributed by atoms with Crippen molar-refractivity contribution in [3.05, 3.63) is 129 Å². The summed E-state index contributed by atoms with van der Waals surface area (Å²) in [6, 6.07) is 28.2. The number of nitrogens with zero attached hydrogens (tertiary/aromatic N) is 3. The molecule has 6 aromatic rings. The molecule has 0 amide bonds. The van der Waals surface area contributed by atoms with Gasteiger partial charge in [-0.2, -0.15) is 18.3 Å². The summed E-state index contributed by atoms with van der Waals surface area (Å²) in [5.74, 6) is 0.532. The molecule has 0 aliphatic heterocycles. The van der Waals surface area contributed by atoms with Gasteiger partial charge >= 0.3 is 6.18 Å². The molecule has 0 fully saturated rings. The highest BCUT2D eigenvalue weighted by molar-refractivity contribution is 6.31. The third kappa shape index (κ3) is 5.68. The molecule has 10 heteroatoms. The molecule has 0 N–H and O–H groups in total. The van der Waals surface area contributed by atoms with Gasteiger partial charge in [0, 0.05) is 31.8 Å². The SMILES string of the molecule is FC(F)(F)c1cc(-c2ccc(OCc3ccccc3Cl)cc2)nc2c1c(-c1ccc(Cl)cc1)nn2-c1cccc(Cl)c1. The van der Waals surface area contributed by atoms with Gasteiger partial charge in [0.1, 0.15) is 18.1 Å². The Bertz CT molecular complexity index is 1900. The van der Waals surface area contributed by atoms with Gasteiger partial charge in [-0.1, -0.05) is 71.2 Å². The fourth-order valence-electron chi connectivity index (χ4n) is 4.58. The number of aromatic nitrogens is 3. The average Bonchev–Trinajstić information content (AvgIpc) is 3.36. The monoisotopic (exact) mass is 623 g/mol. The fourth-order valence-corrected chi connectivity index (χ4v) is 5.08. The van der Waals surface area contributed by atoms with Crippen LogP contribution in [0.5, 0.6) is 5.75 Å². The van der Waals surface area contributed by atoms with Crippen molar-refractivity contribution in [3.63, 3.8) is 0 Å². The summed E-state index contributed by atoms with van der Waals surface area (Å²) in [5.41, 5.74) is 1.63. The van der Waals surface area contributed by atoms with E-state index in [1.54, 1.807) is 78.9 Å². The van der Waals surface area contributed by atoms with Crippen LogP contribution >= 0.6 is 34.8 Å². The first-order valence-electron chi connectivity index (χ1n) is 12.7. The number of hydrogen-bond donors (Lipinski definition) is 0. The predicted octanol–water partition coefficient (Wildman–Crippen LogP) is 10.3. The highest BCUT2D eigenvalue weighted by Gasteiger charge is 2.36. The number of alkyl halides is 3. The molecule has 0 aliphatic carbocycles. The second kappa shape index (κ2) is 11.3. The molecule has 0 atom stereocenters. The van der Waals surface area contributed by atoms with E-state index in [0.29, 0.717) is 37.6 Å². The zero-order valence-corrected chi connectivity index (χ0v) is 23.8. The van der Waals surface area contributed by atoms with E-state index in [-0.39, 0.29) is 29.0 Å². The van der Waals surface area contributed by atoms with E-state index in [1.165, 1.54) is 4.68 Å². The second-order valence-corrected chi connectivity index (χ2v) is 10.7. The Balaban J connectivity index is 1.48. The van der Waals surface area contributed by atoms with Crippen molar-refractivity contribution in [1.82, 2.24) is 14.8 Å². The van der Waals surface area contributed by atoms with Crippen molar-refractivity contribution in [2.24, 2.45) is 0 Å². The molecule has 4 aromatic carbocycles. The molecule has 0 saturated heterocycles. The van der Waals surface area contributed by atoms with Crippen molar-refractivity contribution < 1.29 is 17.9 Å². The Labute approximate surface area is 253 Å². The number of fused-ring (bicyclic) bond motifs is 1. The van der Waals surface area contributed by atoms with Crippen LogP contribution in [0.25, 0.3) is 39.2 Å². The van der Waals surface area contributed by atoms with Crippen LogP contribution in [0.4, 0.5) is 13.2 Å². The minimum Gasteiger partial charge on any atom is -0.489 e. The predicted molar refractivity (Wildman–Crippen MR) is 161 cm³/mol. The summed E-state index contributed by atoms with van der Waals surface area (Å²) >= 11 is 18.5. The lowest BCUT2D eigenvalue weighted by Crippen LogP contribution is -2.08. The van der Waals surface area contributed by atoms with Gasteiger partial charge in [-0.25, -0.2) is 9.67 Å². The molecule has 0 saturated carbocycles. The van der Waals surface area contributed by atoms with Crippen LogP contribution in [0.2, 0.25) is 15.1 Å². The van der Waals surface area contributed by atoms with Crippen LogP contribution in [0.1, 0.15) is 11.1 Å². The first-order chi connectivity index (χ1) is 20.2. The van der Waals surface area contributed by atoms with Crippen LogP contribution in [-0.2, 0) is 12.8 Å². The lowest BCUT2D eigenvalue weighted by molar-refractivity contribution is -0.136. The maximum atomic E-state index is 14.7. The first-order valence-corrected chi connectivity index (χ1v) is 13.8. The van der Waals surface area contributed by atoms with Crippen LogP contribution in [-0.4, -0.2) is 14.8 Å². The Kier molecular flexibility index (Phi) is 7.58. The molecule has 0 radical (unpaired) electrons. The van der Waals surface area contributed by atoms with E-state index in [1.807, 2.05) is 18.2 Å². The summed E-state index contributed by atoms with van der Waals surface area (Å²) in [6.45, 7) is 0.244. The van der Waals surface area contributed by atoms with Crippen molar-refractivity contribution in [3.8, 4) is 34.0 Å². The maximum absolute atomic E-state index is 14.7. The molecule has 0 unspecified atom stereocenters. The minimum absolute atomic E-state index is 0.0334.